The number of alkyl halides is 1. The summed E-state index contributed by atoms with van der Waals surface area (Å²) in [6.07, 6.45) is 1.94. The summed E-state index contributed by atoms with van der Waals surface area (Å²) in [4.78, 5) is 10.2. The van der Waals surface area contributed by atoms with Gasteiger partial charge >= 0.3 is 0 Å². The first-order valence-electron chi connectivity index (χ1n) is 3.01. The zero-order chi connectivity index (χ0) is 6.69. The molecule has 0 radical (unpaired) electrons. The predicted octanol–water partition coefficient (Wildman–Crippen LogP) is 0.985. The van der Waals surface area contributed by atoms with E-state index in [1.54, 1.807) is 0 Å². The van der Waals surface area contributed by atoms with Crippen molar-refractivity contribution < 1.29 is 9.53 Å². The predicted molar refractivity (Wildman–Crippen MR) is 37.7 cm³/mol. The molecule has 0 saturated carbocycles. The zero-order valence-corrected chi connectivity index (χ0v) is 6.63. The third-order valence-electron chi connectivity index (χ3n) is 1.55. The zero-order valence-electron chi connectivity index (χ0n) is 5.05. The maximum absolute atomic E-state index is 10.2. The summed E-state index contributed by atoms with van der Waals surface area (Å²) >= 11 is 3.26. The van der Waals surface area contributed by atoms with Gasteiger partial charge < -0.3 is 9.53 Å². The van der Waals surface area contributed by atoms with Crippen molar-refractivity contribution in [2.24, 2.45) is 5.92 Å². The Morgan fingerprint density at radius 1 is 1.78 bits per heavy atom. The van der Waals surface area contributed by atoms with Gasteiger partial charge in [0.05, 0.1) is 11.4 Å². The first-order valence-corrected chi connectivity index (χ1v) is 3.93. The molecule has 0 aliphatic carbocycles. The van der Waals surface area contributed by atoms with Crippen LogP contribution in [0.15, 0.2) is 0 Å². The van der Waals surface area contributed by atoms with Gasteiger partial charge in [-0.15, -0.1) is 0 Å². The van der Waals surface area contributed by atoms with E-state index in [2.05, 4.69) is 15.9 Å². The highest BCUT2D eigenvalue weighted by molar-refractivity contribution is 9.10. The number of aldehydes is 1. The Kier molecular flexibility index (Phi) is 2.66. The second kappa shape index (κ2) is 3.32. The summed E-state index contributed by atoms with van der Waals surface area (Å²) in [7, 11) is 0. The minimum Gasteiger partial charge on any atom is -0.381 e. The van der Waals surface area contributed by atoms with Crippen molar-refractivity contribution in [3.05, 3.63) is 0 Å². The molecule has 0 bridgehead atoms. The third kappa shape index (κ3) is 1.76. The van der Waals surface area contributed by atoms with E-state index < -0.39 is 0 Å². The van der Waals surface area contributed by atoms with Gasteiger partial charge in [0.15, 0.2) is 0 Å². The van der Waals surface area contributed by atoms with E-state index in [0.29, 0.717) is 5.92 Å². The van der Waals surface area contributed by atoms with Crippen molar-refractivity contribution in [2.45, 2.75) is 11.2 Å². The molecule has 9 heavy (non-hydrogen) atoms. The average molecular weight is 193 g/mol. The molecule has 3 heteroatoms. The second-order valence-electron chi connectivity index (χ2n) is 2.20. The summed E-state index contributed by atoms with van der Waals surface area (Å²) in [5.41, 5.74) is 0. The molecule has 0 unspecified atom stereocenters. The molecule has 0 N–H and O–H groups in total. The minimum absolute atomic E-state index is 0.000000000000000444. The highest BCUT2D eigenvalue weighted by Gasteiger charge is 2.22. The molecule has 1 saturated heterocycles. The van der Waals surface area contributed by atoms with Gasteiger partial charge in [-0.3, -0.25) is 0 Å². The molecule has 1 rings (SSSR count). The lowest BCUT2D eigenvalue weighted by molar-refractivity contribution is -0.108. The van der Waals surface area contributed by atoms with Crippen LogP contribution in [-0.4, -0.2) is 24.3 Å². The second-order valence-corrected chi connectivity index (χ2v) is 3.26. The minimum atomic E-state index is -0.000000000000000444. The maximum atomic E-state index is 10.2. The van der Waals surface area contributed by atoms with Crippen LogP contribution < -0.4 is 0 Å². The number of hydrogen-bond acceptors (Lipinski definition) is 2. The van der Waals surface area contributed by atoms with Crippen LogP contribution in [0.5, 0.6) is 0 Å². The van der Waals surface area contributed by atoms with Crippen LogP contribution in [-0.2, 0) is 9.53 Å². The highest BCUT2D eigenvalue weighted by atomic mass is 79.9. The van der Waals surface area contributed by atoms with Gasteiger partial charge in [0.2, 0.25) is 0 Å². The summed E-state index contributed by atoms with van der Waals surface area (Å²) in [5.74, 6) is 0.405. The molecular weight excluding hydrogens is 184 g/mol. The molecular formula is C6H9BrO2. The Balaban J connectivity index is 2.32. The van der Waals surface area contributed by atoms with Gasteiger partial charge in [-0.2, -0.15) is 0 Å². The molecule has 1 heterocycles. The quantitative estimate of drug-likeness (QED) is 0.482. The van der Waals surface area contributed by atoms with Crippen LogP contribution in [0, 0.1) is 5.92 Å². The Bertz CT molecular complexity index is 99.2. The summed E-state index contributed by atoms with van der Waals surface area (Å²) < 4.78 is 5.09. The molecule has 2 nitrogen and oxygen atoms in total. The van der Waals surface area contributed by atoms with Gasteiger partial charge in [0, 0.05) is 12.5 Å². The molecule has 2 atom stereocenters. The van der Waals surface area contributed by atoms with Crippen molar-refractivity contribution >= 4 is 22.2 Å². The Labute approximate surface area is 62.7 Å². The molecule has 0 spiro atoms. The fraction of sp³-hybridized carbons (Fsp3) is 0.833. The molecule has 0 amide bonds. The van der Waals surface area contributed by atoms with Crippen molar-refractivity contribution in [1.29, 1.82) is 0 Å². The number of hydrogen-bond donors (Lipinski definition) is 0. The normalized spacial score (nSPS) is 30.1. The Morgan fingerprint density at radius 3 is 3.00 bits per heavy atom. The van der Waals surface area contributed by atoms with Crippen molar-refractivity contribution in [2.75, 3.05) is 13.2 Å². The smallest absolute Gasteiger partial charge is 0.133 e. The van der Waals surface area contributed by atoms with Gasteiger partial charge in [-0.1, -0.05) is 15.9 Å². The van der Waals surface area contributed by atoms with Crippen LogP contribution in [0.25, 0.3) is 0 Å². The third-order valence-corrected chi connectivity index (χ3v) is 2.51. The lowest BCUT2D eigenvalue weighted by atomic mass is 10.1. The summed E-state index contributed by atoms with van der Waals surface area (Å²) in [5, 5.41) is 0. The Morgan fingerprint density at radius 2 is 2.56 bits per heavy atom. The highest BCUT2D eigenvalue weighted by Crippen LogP contribution is 2.20. The summed E-state index contributed by atoms with van der Waals surface area (Å²) in [6.45, 7) is 1.54. The number of rotatable bonds is 2. The van der Waals surface area contributed by atoms with E-state index in [1.165, 1.54) is 0 Å². The van der Waals surface area contributed by atoms with Gasteiger partial charge in [0.25, 0.3) is 0 Å². The SMILES string of the molecule is O=C[C@@H](Br)[C@H]1CCOC1. The van der Waals surface area contributed by atoms with E-state index in [1.807, 2.05) is 0 Å². The molecule has 0 aromatic rings. The molecule has 0 aromatic carbocycles. The maximum Gasteiger partial charge on any atom is 0.133 e. The van der Waals surface area contributed by atoms with E-state index in [0.717, 1.165) is 25.9 Å². The van der Waals surface area contributed by atoms with Crippen LogP contribution in [0.3, 0.4) is 0 Å². The molecule has 1 aliphatic heterocycles. The lowest BCUT2D eigenvalue weighted by Gasteiger charge is -2.06. The fourth-order valence-electron chi connectivity index (χ4n) is 0.915. The van der Waals surface area contributed by atoms with E-state index in [9.17, 15) is 4.79 Å². The Hall–Kier alpha value is 0.110. The average Bonchev–Trinajstić information content (AvgIpc) is 2.37. The van der Waals surface area contributed by atoms with Gasteiger partial charge in [-0.05, 0) is 6.42 Å². The van der Waals surface area contributed by atoms with Crippen LogP contribution in [0.2, 0.25) is 0 Å². The van der Waals surface area contributed by atoms with E-state index in [4.69, 9.17) is 4.74 Å². The number of carbonyl (C=O) groups is 1. The van der Waals surface area contributed by atoms with Crippen molar-refractivity contribution in [3.63, 3.8) is 0 Å². The van der Waals surface area contributed by atoms with E-state index in [-0.39, 0.29) is 4.83 Å². The van der Waals surface area contributed by atoms with Crippen LogP contribution >= 0.6 is 15.9 Å². The molecule has 1 fully saturated rings. The largest absolute Gasteiger partial charge is 0.381 e. The monoisotopic (exact) mass is 192 g/mol. The van der Waals surface area contributed by atoms with Gasteiger partial charge in [0.1, 0.15) is 6.29 Å². The first-order chi connectivity index (χ1) is 4.34. The fourth-order valence-corrected chi connectivity index (χ4v) is 1.33. The van der Waals surface area contributed by atoms with Gasteiger partial charge in [-0.25, -0.2) is 0 Å². The number of carbonyl (C=O) groups excluding carboxylic acids is 1. The first kappa shape index (κ1) is 7.22. The van der Waals surface area contributed by atoms with Crippen LogP contribution in [0.1, 0.15) is 6.42 Å². The topological polar surface area (TPSA) is 26.3 Å². The molecule has 0 aromatic heterocycles. The standard InChI is InChI=1S/C6H9BrO2/c7-6(3-8)5-1-2-9-4-5/h3,5-6H,1-2,4H2/t5-,6+/m0/s1. The van der Waals surface area contributed by atoms with Crippen molar-refractivity contribution in [3.8, 4) is 0 Å². The number of halogens is 1. The number of ether oxygens (including phenoxy) is 1. The molecule has 1 aliphatic rings. The lowest BCUT2D eigenvalue weighted by Crippen LogP contribution is -2.15. The van der Waals surface area contributed by atoms with Crippen LogP contribution in [0.4, 0.5) is 0 Å². The summed E-state index contributed by atoms with van der Waals surface area (Å²) in [6, 6.07) is 0. The van der Waals surface area contributed by atoms with E-state index >= 15 is 0 Å². The molecule has 52 valence electrons. The van der Waals surface area contributed by atoms with Crippen molar-refractivity contribution in [1.82, 2.24) is 0 Å².